The van der Waals surface area contributed by atoms with Crippen molar-refractivity contribution in [3.8, 4) is 0 Å². The molecule has 0 radical (unpaired) electrons. The van der Waals surface area contributed by atoms with Crippen LogP contribution in [0.3, 0.4) is 0 Å². The van der Waals surface area contributed by atoms with Gasteiger partial charge in [0.2, 0.25) is 0 Å². The second kappa shape index (κ2) is 5.68. The average molecular weight is 278 g/mol. The number of benzene rings is 1. The van der Waals surface area contributed by atoms with Gasteiger partial charge in [-0.25, -0.2) is 9.37 Å². The molecule has 0 atom stereocenters. The number of nitro benzene ring substituents is 1. The van der Waals surface area contributed by atoms with Crippen LogP contribution in [0.5, 0.6) is 0 Å². The summed E-state index contributed by atoms with van der Waals surface area (Å²) in [5, 5.41) is 13.7. The molecule has 7 heteroatoms. The predicted octanol–water partition coefficient (Wildman–Crippen LogP) is 3.12. The van der Waals surface area contributed by atoms with Crippen molar-refractivity contribution in [2.24, 2.45) is 0 Å². The Morgan fingerprint density at radius 1 is 1.50 bits per heavy atom. The van der Waals surface area contributed by atoms with E-state index < -0.39 is 10.7 Å². The van der Waals surface area contributed by atoms with Crippen molar-refractivity contribution in [1.82, 2.24) is 9.55 Å². The molecule has 1 aromatic heterocycles. The average Bonchev–Trinajstić information content (AvgIpc) is 2.85. The van der Waals surface area contributed by atoms with E-state index in [-0.39, 0.29) is 24.0 Å². The van der Waals surface area contributed by atoms with Crippen molar-refractivity contribution in [2.45, 2.75) is 26.4 Å². The molecule has 0 aliphatic carbocycles. The molecule has 0 aliphatic heterocycles. The van der Waals surface area contributed by atoms with E-state index in [9.17, 15) is 14.5 Å². The number of para-hydroxylation sites is 1. The van der Waals surface area contributed by atoms with Gasteiger partial charge in [-0.3, -0.25) is 10.1 Å². The minimum Gasteiger partial charge on any atom is -0.371 e. The molecule has 0 fully saturated rings. The topological polar surface area (TPSA) is 73.0 Å². The van der Waals surface area contributed by atoms with Crippen LogP contribution in [0.1, 0.15) is 25.6 Å². The van der Waals surface area contributed by atoms with Gasteiger partial charge < -0.3 is 9.88 Å². The van der Waals surface area contributed by atoms with Gasteiger partial charge >= 0.3 is 0 Å². The molecule has 2 aromatic rings. The molecule has 0 aliphatic rings. The summed E-state index contributed by atoms with van der Waals surface area (Å²) < 4.78 is 15.6. The standard InChI is InChI=1S/C13H15FN4O2/c1-9(2)17-8-15-6-10(17)7-16-13-11(14)4-3-5-12(13)18(19)20/h3-6,8-9,16H,7H2,1-2H3. The summed E-state index contributed by atoms with van der Waals surface area (Å²) in [6.45, 7) is 4.26. The number of hydrogen-bond acceptors (Lipinski definition) is 4. The zero-order valence-electron chi connectivity index (χ0n) is 11.2. The van der Waals surface area contributed by atoms with E-state index in [1.54, 1.807) is 12.5 Å². The fraction of sp³-hybridized carbons (Fsp3) is 0.308. The fourth-order valence-electron chi connectivity index (χ4n) is 1.95. The minimum atomic E-state index is -0.644. The summed E-state index contributed by atoms with van der Waals surface area (Å²) in [6, 6.07) is 3.99. The Morgan fingerprint density at radius 3 is 2.90 bits per heavy atom. The second-order valence-electron chi connectivity index (χ2n) is 4.63. The first-order valence-electron chi connectivity index (χ1n) is 6.18. The molecule has 2 rings (SSSR count). The Morgan fingerprint density at radius 2 is 2.25 bits per heavy atom. The molecule has 20 heavy (non-hydrogen) atoms. The minimum absolute atomic E-state index is 0.103. The molecule has 0 spiro atoms. The van der Waals surface area contributed by atoms with E-state index >= 15 is 0 Å². The second-order valence-corrected chi connectivity index (χ2v) is 4.63. The van der Waals surface area contributed by atoms with Crippen LogP contribution >= 0.6 is 0 Å². The normalized spacial score (nSPS) is 10.8. The SMILES string of the molecule is CC(C)n1cncc1CNc1c(F)cccc1[N+](=O)[O-]. The number of rotatable bonds is 5. The highest BCUT2D eigenvalue weighted by molar-refractivity contribution is 5.62. The lowest BCUT2D eigenvalue weighted by Crippen LogP contribution is -2.10. The number of anilines is 1. The van der Waals surface area contributed by atoms with E-state index in [4.69, 9.17) is 0 Å². The molecule has 0 amide bonds. The third-order valence-corrected chi connectivity index (χ3v) is 2.94. The van der Waals surface area contributed by atoms with Gasteiger partial charge in [-0.1, -0.05) is 6.07 Å². The largest absolute Gasteiger partial charge is 0.371 e. The van der Waals surface area contributed by atoms with Crippen molar-refractivity contribution >= 4 is 11.4 Å². The maximum Gasteiger partial charge on any atom is 0.295 e. The third kappa shape index (κ3) is 2.76. The lowest BCUT2D eigenvalue weighted by atomic mass is 10.2. The zero-order chi connectivity index (χ0) is 14.7. The number of nitro groups is 1. The molecule has 1 heterocycles. The Kier molecular flexibility index (Phi) is 3.97. The van der Waals surface area contributed by atoms with Gasteiger partial charge in [-0.2, -0.15) is 0 Å². The van der Waals surface area contributed by atoms with E-state index in [1.165, 1.54) is 18.2 Å². The Labute approximate surface area is 115 Å². The summed E-state index contributed by atoms with van der Waals surface area (Å²) >= 11 is 0. The number of imidazole rings is 1. The quantitative estimate of drug-likeness (QED) is 0.673. The Balaban J connectivity index is 2.23. The van der Waals surface area contributed by atoms with E-state index in [0.717, 1.165) is 5.69 Å². The van der Waals surface area contributed by atoms with Crippen LogP contribution in [-0.4, -0.2) is 14.5 Å². The Hall–Kier alpha value is -2.44. The van der Waals surface area contributed by atoms with Gasteiger partial charge in [-0.05, 0) is 19.9 Å². The van der Waals surface area contributed by atoms with Crippen LogP contribution in [0.25, 0.3) is 0 Å². The molecule has 1 N–H and O–H groups in total. The van der Waals surface area contributed by atoms with Crippen LogP contribution in [-0.2, 0) is 6.54 Å². The van der Waals surface area contributed by atoms with Crippen molar-refractivity contribution in [3.05, 3.63) is 52.3 Å². The first kappa shape index (κ1) is 14.0. The molecule has 6 nitrogen and oxygen atoms in total. The first-order chi connectivity index (χ1) is 9.50. The third-order valence-electron chi connectivity index (χ3n) is 2.94. The van der Waals surface area contributed by atoms with E-state index in [1.807, 2.05) is 18.4 Å². The highest BCUT2D eigenvalue weighted by Crippen LogP contribution is 2.27. The molecular formula is C13H15FN4O2. The van der Waals surface area contributed by atoms with E-state index in [0.29, 0.717) is 0 Å². The lowest BCUT2D eigenvalue weighted by Gasteiger charge is -2.13. The number of halogens is 1. The molecule has 1 aromatic carbocycles. The molecule has 0 bridgehead atoms. The van der Waals surface area contributed by atoms with Crippen molar-refractivity contribution in [3.63, 3.8) is 0 Å². The summed E-state index contributed by atoms with van der Waals surface area (Å²) in [5.41, 5.74) is 0.451. The molecule has 0 saturated carbocycles. The smallest absolute Gasteiger partial charge is 0.295 e. The molecule has 106 valence electrons. The van der Waals surface area contributed by atoms with Crippen LogP contribution in [0.2, 0.25) is 0 Å². The summed E-state index contributed by atoms with van der Waals surface area (Å²) in [5.74, 6) is -0.644. The highest BCUT2D eigenvalue weighted by Gasteiger charge is 2.18. The van der Waals surface area contributed by atoms with Gasteiger partial charge in [-0.15, -0.1) is 0 Å². The number of nitrogens with zero attached hydrogens (tertiary/aromatic N) is 3. The fourth-order valence-corrected chi connectivity index (χ4v) is 1.95. The predicted molar refractivity (Wildman–Crippen MR) is 73.0 cm³/mol. The van der Waals surface area contributed by atoms with Crippen LogP contribution < -0.4 is 5.32 Å². The maximum absolute atomic E-state index is 13.7. The Bertz CT molecular complexity index is 625. The van der Waals surface area contributed by atoms with Gasteiger partial charge in [0.25, 0.3) is 5.69 Å². The summed E-state index contributed by atoms with van der Waals surface area (Å²) in [7, 11) is 0. The van der Waals surface area contributed by atoms with Crippen LogP contribution in [0.4, 0.5) is 15.8 Å². The number of aromatic nitrogens is 2. The molecule has 0 saturated heterocycles. The highest BCUT2D eigenvalue weighted by atomic mass is 19.1. The first-order valence-corrected chi connectivity index (χ1v) is 6.18. The maximum atomic E-state index is 13.7. The van der Waals surface area contributed by atoms with Crippen molar-refractivity contribution in [2.75, 3.05) is 5.32 Å². The van der Waals surface area contributed by atoms with Gasteiger partial charge in [0.05, 0.1) is 23.5 Å². The van der Waals surface area contributed by atoms with Gasteiger partial charge in [0, 0.05) is 18.3 Å². The molecule has 0 unspecified atom stereocenters. The van der Waals surface area contributed by atoms with Crippen LogP contribution in [0, 0.1) is 15.9 Å². The van der Waals surface area contributed by atoms with E-state index in [2.05, 4.69) is 10.3 Å². The number of nitrogens with one attached hydrogen (secondary N) is 1. The summed E-state index contributed by atoms with van der Waals surface area (Å²) in [6.07, 6.45) is 3.33. The van der Waals surface area contributed by atoms with Crippen molar-refractivity contribution < 1.29 is 9.31 Å². The van der Waals surface area contributed by atoms with Gasteiger partial charge in [0.1, 0.15) is 5.69 Å². The van der Waals surface area contributed by atoms with Gasteiger partial charge in [0.15, 0.2) is 5.82 Å². The molecular weight excluding hydrogens is 263 g/mol. The number of hydrogen-bond donors (Lipinski definition) is 1. The van der Waals surface area contributed by atoms with Crippen LogP contribution in [0.15, 0.2) is 30.7 Å². The van der Waals surface area contributed by atoms with Crippen molar-refractivity contribution in [1.29, 1.82) is 0 Å². The zero-order valence-corrected chi connectivity index (χ0v) is 11.2. The lowest BCUT2D eigenvalue weighted by molar-refractivity contribution is -0.384. The summed E-state index contributed by atoms with van der Waals surface area (Å²) in [4.78, 5) is 14.3. The monoisotopic (exact) mass is 278 g/mol.